The van der Waals surface area contributed by atoms with E-state index in [1.165, 1.54) is 0 Å². The molecule has 7 heteroatoms. The Morgan fingerprint density at radius 2 is 2.00 bits per heavy atom. The van der Waals surface area contributed by atoms with E-state index < -0.39 is 6.09 Å². The van der Waals surface area contributed by atoms with Crippen molar-refractivity contribution in [3.8, 4) is 0 Å². The van der Waals surface area contributed by atoms with Gasteiger partial charge in [-0.25, -0.2) is 4.79 Å². The molecule has 0 radical (unpaired) electrons. The summed E-state index contributed by atoms with van der Waals surface area (Å²) in [5.74, 6) is 0.677. The average molecular weight is 403 g/mol. The number of thiophene rings is 1. The van der Waals surface area contributed by atoms with Gasteiger partial charge in [0, 0.05) is 27.3 Å². The first-order valence-electron chi connectivity index (χ1n) is 8.90. The molecule has 1 aromatic carbocycles. The smallest absolute Gasteiger partial charge is 0.408 e. The highest BCUT2D eigenvalue weighted by molar-refractivity contribution is 7.99. The van der Waals surface area contributed by atoms with Gasteiger partial charge in [-0.05, 0) is 43.8 Å². The highest BCUT2D eigenvalue weighted by atomic mass is 32.2. The number of ether oxygens (including phenoxy) is 1. The molecule has 2 aliphatic heterocycles. The number of carbonyl (C=O) groups excluding carboxylic acids is 2. The number of hydrogen-bond donors (Lipinski definition) is 1. The lowest BCUT2D eigenvalue weighted by Crippen LogP contribution is -2.41. The maximum absolute atomic E-state index is 12.9. The lowest BCUT2D eigenvalue weighted by molar-refractivity contribution is 0.0749. The molecule has 0 fully saturated rings. The molecule has 2 amide bonds. The predicted octanol–water partition coefficient (Wildman–Crippen LogP) is 4.72. The Balaban J connectivity index is 1.62. The second kappa shape index (κ2) is 6.87. The van der Waals surface area contributed by atoms with Crippen molar-refractivity contribution in [1.82, 2.24) is 10.2 Å². The lowest BCUT2D eigenvalue weighted by Gasteiger charge is -2.31. The molecule has 142 valence electrons. The Morgan fingerprint density at radius 1 is 1.22 bits per heavy atom. The van der Waals surface area contributed by atoms with E-state index in [0.29, 0.717) is 12.3 Å². The highest BCUT2D eigenvalue weighted by Crippen LogP contribution is 2.47. The number of fused-ring (bicyclic) bond motifs is 4. The van der Waals surface area contributed by atoms with Crippen molar-refractivity contribution in [2.45, 2.75) is 44.3 Å². The van der Waals surface area contributed by atoms with E-state index in [2.05, 4.69) is 5.32 Å². The molecule has 3 heterocycles. The summed E-state index contributed by atoms with van der Waals surface area (Å²) in [5, 5.41) is 4.82. The molecule has 27 heavy (non-hydrogen) atoms. The van der Waals surface area contributed by atoms with E-state index in [0.717, 1.165) is 21.6 Å². The second-order valence-corrected chi connectivity index (χ2v) is 9.89. The van der Waals surface area contributed by atoms with E-state index in [-0.39, 0.29) is 22.9 Å². The maximum Gasteiger partial charge on any atom is 0.408 e. The Kier molecular flexibility index (Phi) is 4.68. The van der Waals surface area contributed by atoms with Crippen molar-refractivity contribution in [2.24, 2.45) is 0 Å². The monoisotopic (exact) mass is 402 g/mol. The molecule has 4 rings (SSSR count). The first-order valence-corrected chi connectivity index (χ1v) is 10.8. The zero-order valence-corrected chi connectivity index (χ0v) is 17.2. The zero-order chi connectivity index (χ0) is 19.2. The molecule has 2 aromatic rings. The molecular weight excluding hydrogens is 380 g/mol. The molecule has 1 aromatic heterocycles. The van der Waals surface area contributed by atoms with E-state index in [1.54, 1.807) is 23.1 Å². The first-order chi connectivity index (χ1) is 12.8. The van der Waals surface area contributed by atoms with Gasteiger partial charge >= 0.3 is 6.09 Å². The largest absolute Gasteiger partial charge is 0.440 e. The minimum atomic E-state index is -0.412. The molecule has 1 N–H and O–H groups in total. The summed E-state index contributed by atoms with van der Waals surface area (Å²) in [6, 6.07) is 9.79. The second-order valence-electron chi connectivity index (χ2n) is 7.77. The van der Waals surface area contributed by atoms with Gasteiger partial charge in [0.05, 0.1) is 6.54 Å². The molecule has 0 aliphatic carbocycles. The highest BCUT2D eigenvalue weighted by Gasteiger charge is 2.40. The van der Waals surface area contributed by atoms with Crippen molar-refractivity contribution in [1.29, 1.82) is 0 Å². The molecule has 0 spiro atoms. The van der Waals surface area contributed by atoms with Crippen LogP contribution < -0.4 is 5.32 Å². The van der Waals surface area contributed by atoms with Crippen LogP contribution in [0.3, 0.4) is 0 Å². The SMILES string of the molecule is CC(C)(C)NC(=O)O[C@H]1CS[C@@H]2c3ccccc3C(=O)N2Cc2sccc21. The zero-order valence-electron chi connectivity index (χ0n) is 15.5. The van der Waals surface area contributed by atoms with Crippen LogP contribution >= 0.6 is 23.1 Å². The molecular formula is C20H22N2O3S2. The van der Waals surface area contributed by atoms with Crippen LogP contribution in [0, 0.1) is 0 Å². The third-order valence-electron chi connectivity index (χ3n) is 4.57. The van der Waals surface area contributed by atoms with Crippen LogP contribution in [-0.4, -0.2) is 28.2 Å². The number of benzene rings is 1. The Hall–Kier alpha value is -1.99. The summed E-state index contributed by atoms with van der Waals surface area (Å²) in [6.07, 6.45) is -0.741. The number of thioether (sulfide) groups is 1. The van der Waals surface area contributed by atoms with Crippen LogP contribution in [0.15, 0.2) is 35.7 Å². The average Bonchev–Trinajstić information content (AvgIpc) is 3.13. The number of rotatable bonds is 1. The van der Waals surface area contributed by atoms with E-state index >= 15 is 0 Å². The van der Waals surface area contributed by atoms with Gasteiger partial charge in [-0.3, -0.25) is 4.79 Å². The molecule has 0 saturated heterocycles. The number of amides is 2. The van der Waals surface area contributed by atoms with Gasteiger partial charge in [0.2, 0.25) is 0 Å². The summed E-state index contributed by atoms with van der Waals surface area (Å²) in [6.45, 7) is 6.32. The number of hydrogen-bond acceptors (Lipinski definition) is 5. The molecule has 2 aliphatic rings. The normalized spacial score (nSPS) is 21.6. The molecule has 5 nitrogen and oxygen atoms in total. The quantitative estimate of drug-likeness (QED) is 0.750. The summed E-state index contributed by atoms with van der Waals surface area (Å²) < 4.78 is 5.78. The summed E-state index contributed by atoms with van der Waals surface area (Å²) >= 11 is 3.26. The minimum absolute atomic E-state index is 0.0410. The van der Waals surface area contributed by atoms with Crippen LogP contribution in [0.5, 0.6) is 0 Å². The fourth-order valence-electron chi connectivity index (χ4n) is 3.42. The van der Waals surface area contributed by atoms with Crippen molar-refractivity contribution < 1.29 is 14.3 Å². The number of nitrogens with zero attached hydrogens (tertiary/aromatic N) is 1. The summed E-state index contributed by atoms with van der Waals surface area (Å²) in [4.78, 5) is 28.2. The van der Waals surface area contributed by atoms with E-state index in [4.69, 9.17) is 4.74 Å². The van der Waals surface area contributed by atoms with Crippen molar-refractivity contribution in [3.63, 3.8) is 0 Å². The van der Waals surface area contributed by atoms with Gasteiger partial charge in [0.15, 0.2) is 0 Å². The van der Waals surface area contributed by atoms with Gasteiger partial charge in [0.25, 0.3) is 5.91 Å². The standard InChI is InChI=1S/C20H22N2O3S2/c1-20(2,3)21-19(24)25-15-11-27-18-13-7-5-4-6-12(13)17(23)22(18)10-16-14(15)8-9-26-16/h4-9,15,18H,10-11H2,1-3H3,(H,21,24)/t15-,18+/m0/s1. The summed E-state index contributed by atoms with van der Waals surface area (Å²) in [5.41, 5.74) is 2.47. The number of nitrogens with one attached hydrogen (secondary N) is 1. The topological polar surface area (TPSA) is 58.6 Å². The maximum atomic E-state index is 12.9. The van der Waals surface area contributed by atoms with Gasteiger partial charge in [-0.1, -0.05) is 18.2 Å². The number of alkyl carbamates (subject to hydrolysis) is 1. The van der Waals surface area contributed by atoms with Crippen LogP contribution in [-0.2, 0) is 11.3 Å². The minimum Gasteiger partial charge on any atom is -0.440 e. The van der Waals surface area contributed by atoms with Gasteiger partial charge in [-0.2, -0.15) is 0 Å². The van der Waals surface area contributed by atoms with Crippen LogP contribution in [0.1, 0.15) is 58.6 Å². The third-order valence-corrected chi connectivity index (χ3v) is 6.81. The molecule has 0 unspecified atom stereocenters. The van der Waals surface area contributed by atoms with Crippen LogP contribution in [0.4, 0.5) is 4.79 Å². The van der Waals surface area contributed by atoms with Gasteiger partial charge < -0.3 is 15.0 Å². The Morgan fingerprint density at radius 3 is 2.78 bits per heavy atom. The van der Waals surface area contributed by atoms with Crippen molar-refractivity contribution in [3.05, 3.63) is 57.3 Å². The van der Waals surface area contributed by atoms with Crippen molar-refractivity contribution in [2.75, 3.05) is 5.75 Å². The Bertz CT molecular complexity index is 887. The van der Waals surface area contributed by atoms with Gasteiger partial charge in [0.1, 0.15) is 11.5 Å². The van der Waals surface area contributed by atoms with Crippen LogP contribution in [0.2, 0.25) is 0 Å². The van der Waals surface area contributed by atoms with Gasteiger partial charge in [-0.15, -0.1) is 23.1 Å². The molecule has 2 atom stereocenters. The third kappa shape index (κ3) is 3.58. The lowest BCUT2D eigenvalue weighted by atomic mass is 10.1. The molecule has 0 bridgehead atoms. The van der Waals surface area contributed by atoms with E-state index in [1.807, 2.05) is 61.4 Å². The fourth-order valence-corrected chi connectivity index (χ4v) is 5.69. The first kappa shape index (κ1) is 18.4. The fraction of sp³-hybridized carbons (Fsp3) is 0.400. The van der Waals surface area contributed by atoms with Crippen molar-refractivity contribution >= 4 is 35.1 Å². The number of carbonyl (C=O) groups is 2. The Labute approximate surface area is 167 Å². The predicted molar refractivity (Wildman–Crippen MR) is 108 cm³/mol. The summed E-state index contributed by atoms with van der Waals surface area (Å²) in [7, 11) is 0. The van der Waals surface area contributed by atoms with Crippen LogP contribution in [0.25, 0.3) is 0 Å². The molecule has 0 saturated carbocycles. The van der Waals surface area contributed by atoms with E-state index in [9.17, 15) is 9.59 Å².